The van der Waals surface area contributed by atoms with Crippen LogP contribution in [0.5, 0.6) is 5.75 Å². The molecule has 0 aromatic heterocycles. The molecule has 0 atom stereocenters. The summed E-state index contributed by atoms with van der Waals surface area (Å²) in [6, 6.07) is 13.9. The number of rotatable bonds is 8. The molecule has 0 heterocycles. The number of methoxy groups -OCH3 is 1. The molecule has 1 N–H and O–H groups in total. The minimum atomic E-state index is -4.59. The summed E-state index contributed by atoms with van der Waals surface area (Å²) in [4.78, 5) is 11.8. The number of amides is 1. The van der Waals surface area contributed by atoms with Gasteiger partial charge in [-0.15, -0.1) is 0 Å². The molecular formula is C18H19F3N2O4S. The topological polar surface area (TPSA) is 75.7 Å². The van der Waals surface area contributed by atoms with E-state index in [1.54, 1.807) is 35.6 Å². The molecule has 2 rings (SSSR count). The molecule has 6 nitrogen and oxygen atoms in total. The maximum atomic E-state index is 13.0. The third-order valence-corrected chi connectivity index (χ3v) is 5.51. The van der Waals surface area contributed by atoms with E-state index in [0.29, 0.717) is 11.3 Å². The fourth-order valence-corrected chi connectivity index (χ4v) is 3.71. The van der Waals surface area contributed by atoms with Crippen LogP contribution in [0.15, 0.2) is 59.5 Å². The monoisotopic (exact) mass is 416 g/mol. The van der Waals surface area contributed by atoms with Crippen molar-refractivity contribution in [2.45, 2.75) is 17.6 Å². The van der Waals surface area contributed by atoms with Crippen molar-refractivity contribution in [2.24, 2.45) is 0 Å². The highest BCUT2D eigenvalue weighted by molar-refractivity contribution is 7.89. The van der Waals surface area contributed by atoms with Gasteiger partial charge in [0.25, 0.3) is 0 Å². The first-order chi connectivity index (χ1) is 13.1. The second-order valence-electron chi connectivity index (χ2n) is 5.83. The van der Waals surface area contributed by atoms with Crippen LogP contribution in [0, 0.1) is 0 Å². The van der Waals surface area contributed by atoms with Crippen LogP contribution in [-0.2, 0) is 21.4 Å². The van der Waals surface area contributed by atoms with Crippen LogP contribution < -0.4 is 10.1 Å². The average molecular weight is 416 g/mol. The summed E-state index contributed by atoms with van der Waals surface area (Å²) >= 11 is 0. The molecule has 0 aliphatic rings. The van der Waals surface area contributed by atoms with Crippen molar-refractivity contribution in [1.29, 1.82) is 0 Å². The molecule has 0 spiro atoms. The predicted molar refractivity (Wildman–Crippen MR) is 96.1 cm³/mol. The first-order valence-corrected chi connectivity index (χ1v) is 9.57. The predicted octanol–water partition coefficient (Wildman–Crippen LogP) is 2.56. The van der Waals surface area contributed by atoms with E-state index in [4.69, 9.17) is 4.74 Å². The van der Waals surface area contributed by atoms with Gasteiger partial charge in [0.2, 0.25) is 15.9 Å². The quantitative estimate of drug-likeness (QED) is 0.718. The van der Waals surface area contributed by atoms with E-state index < -0.39 is 35.2 Å². The second kappa shape index (κ2) is 9.07. The molecule has 0 saturated heterocycles. The number of hydrogen-bond donors (Lipinski definition) is 1. The number of hydrogen-bond acceptors (Lipinski definition) is 4. The molecule has 152 valence electrons. The maximum absolute atomic E-state index is 13.0. The van der Waals surface area contributed by atoms with Gasteiger partial charge in [0.15, 0.2) is 0 Å². The number of benzene rings is 2. The number of alkyl halides is 3. The molecule has 0 fully saturated rings. The highest BCUT2D eigenvalue weighted by Crippen LogP contribution is 2.21. The Morgan fingerprint density at radius 3 is 2.21 bits per heavy atom. The number of nitrogens with zero attached hydrogens (tertiary/aromatic N) is 1. The Hall–Kier alpha value is -2.59. The van der Waals surface area contributed by atoms with Crippen molar-refractivity contribution in [3.8, 4) is 5.75 Å². The number of ether oxygens (including phenoxy) is 1. The van der Waals surface area contributed by atoms with E-state index in [0.717, 1.165) is 4.31 Å². The van der Waals surface area contributed by atoms with E-state index in [1.165, 1.54) is 31.4 Å². The molecule has 0 unspecified atom stereocenters. The summed E-state index contributed by atoms with van der Waals surface area (Å²) in [6.45, 7) is -2.46. The lowest BCUT2D eigenvalue weighted by molar-refractivity contribution is -0.138. The first kappa shape index (κ1) is 21.7. The van der Waals surface area contributed by atoms with E-state index in [-0.39, 0.29) is 11.4 Å². The highest BCUT2D eigenvalue weighted by Gasteiger charge is 2.30. The normalized spacial score (nSPS) is 12.0. The zero-order valence-electron chi connectivity index (χ0n) is 14.9. The molecular weight excluding hydrogens is 397 g/mol. The fourth-order valence-electron chi connectivity index (χ4n) is 2.32. The Morgan fingerprint density at radius 2 is 1.68 bits per heavy atom. The van der Waals surface area contributed by atoms with Crippen molar-refractivity contribution in [3.05, 3.63) is 60.2 Å². The van der Waals surface area contributed by atoms with E-state index >= 15 is 0 Å². The van der Waals surface area contributed by atoms with Crippen molar-refractivity contribution in [1.82, 2.24) is 9.62 Å². The lowest BCUT2D eigenvalue weighted by atomic mass is 10.2. The molecule has 0 radical (unpaired) electrons. The van der Waals surface area contributed by atoms with Crippen LogP contribution >= 0.6 is 0 Å². The van der Waals surface area contributed by atoms with Crippen LogP contribution in [0.1, 0.15) is 5.56 Å². The van der Waals surface area contributed by atoms with E-state index in [1.807, 2.05) is 0 Å². The van der Waals surface area contributed by atoms with Crippen molar-refractivity contribution >= 4 is 15.9 Å². The van der Waals surface area contributed by atoms with E-state index in [9.17, 15) is 26.4 Å². The third kappa shape index (κ3) is 6.24. The molecule has 2 aromatic rings. The minimum Gasteiger partial charge on any atom is -0.497 e. The largest absolute Gasteiger partial charge is 0.497 e. The van der Waals surface area contributed by atoms with Crippen molar-refractivity contribution < 1.29 is 31.1 Å². The molecule has 28 heavy (non-hydrogen) atoms. The highest BCUT2D eigenvalue weighted by atomic mass is 32.2. The summed E-state index contributed by atoms with van der Waals surface area (Å²) in [5.41, 5.74) is 0.586. The lowest BCUT2D eigenvalue weighted by Crippen LogP contribution is -2.43. The SMILES string of the molecule is COc1ccc(S(=O)(=O)N(CC(=O)NCC(F)(F)F)Cc2ccccc2)cc1. The summed E-state index contributed by atoms with van der Waals surface area (Å²) < 4.78 is 68.7. The Bertz CT molecular complexity index is 885. The number of carbonyl (C=O) groups excluding carboxylic acids is 1. The molecule has 2 aromatic carbocycles. The van der Waals surface area contributed by atoms with Crippen LogP contribution in [-0.4, -0.2) is 45.0 Å². The molecule has 1 amide bonds. The average Bonchev–Trinajstić information content (AvgIpc) is 2.66. The molecule has 0 saturated carbocycles. The lowest BCUT2D eigenvalue weighted by Gasteiger charge is -2.22. The fraction of sp³-hybridized carbons (Fsp3) is 0.278. The van der Waals surface area contributed by atoms with Gasteiger partial charge in [0, 0.05) is 6.54 Å². The smallest absolute Gasteiger partial charge is 0.405 e. The zero-order chi connectivity index (χ0) is 20.8. The number of halogens is 3. The summed E-state index contributed by atoms with van der Waals surface area (Å²) in [5.74, 6) is -0.609. The van der Waals surface area contributed by atoms with E-state index in [2.05, 4.69) is 0 Å². The Balaban J connectivity index is 2.26. The van der Waals surface area contributed by atoms with Gasteiger partial charge in [-0.2, -0.15) is 17.5 Å². The van der Waals surface area contributed by atoms with Gasteiger partial charge in [0.05, 0.1) is 18.6 Å². The number of sulfonamides is 1. The van der Waals surface area contributed by atoms with Crippen LogP contribution in [0.25, 0.3) is 0 Å². The first-order valence-electron chi connectivity index (χ1n) is 8.13. The Morgan fingerprint density at radius 1 is 1.07 bits per heavy atom. The Labute approximate surface area is 161 Å². The Kier molecular flexibility index (Phi) is 7.03. The molecule has 0 bridgehead atoms. The van der Waals surface area contributed by atoms with Crippen LogP contribution in [0.2, 0.25) is 0 Å². The number of carbonyl (C=O) groups is 1. The zero-order valence-corrected chi connectivity index (χ0v) is 15.8. The van der Waals surface area contributed by atoms with Gasteiger partial charge in [-0.25, -0.2) is 8.42 Å². The van der Waals surface area contributed by atoms with Crippen LogP contribution in [0.4, 0.5) is 13.2 Å². The molecule has 0 aliphatic heterocycles. The number of nitrogens with one attached hydrogen (secondary N) is 1. The summed E-state index contributed by atoms with van der Waals surface area (Å²) in [6.07, 6.45) is -4.59. The van der Waals surface area contributed by atoms with Crippen molar-refractivity contribution in [3.63, 3.8) is 0 Å². The van der Waals surface area contributed by atoms with Gasteiger partial charge >= 0.3 is 6.18 Å². The standard InChI is InChI=1S/C18H19F3N2O4S/c1-27-15-7-9-16(10-8-15)28(25,26)23(11-14-5-3-2-4-6-14)12-17(24)22-13-18(19,20)21/h2-10H,11-13H2,1H3,(H,22,24). The van der Waals surface area contributed by atoms with Crippen LogP contribution in [0.3, 0.4) is 0 Å². The van der Waals surface area contributed by atoms with Gasteiger partial charge in [-0.05, 0) is 29.8 Å². The summed E-state index contributed by atoms with van der Waals surface area (Å²) in [7, 11) is -2.71. The summed E-state index contributed by atoms with van der Waals surface area (Å²) in [5, 5.41) is 1.69. The minimum absolute atomic E-state index is 0.104. The third-order valence-electron chi connectivity index (χ3n) is 3.70. The van der Waals surface area contributed by atoms with Gasteiger partial charge in [-0.3, -0.25) is 4.79 Å². The van der Waals surface area contributed by atoms with Crippen molar-refractivity contribution in [2.75, 3.05) is 20.2 Å². The molecule has 0 aliphatic carbocycles. The maximum Gasteiger partial charge on any atom is 0.405 e. The van der Waals surface area contributed by atoms with Gasteiger partial charge in [0.1, 0.15) is 12.3 Å². The van der Waals surface area contributed by atoms with Gasteiger partial charge < -0.3 is 10.1 Å². The molecule has 10 heteroatoms. The second-order valence-corrected chi connectivity index (χ2v) is 7.76. The van der Waals surface area contributed by atoms with Gasteiger partial charge in [-0.1, -0.05) is 30.3 Å².